The van der Waals surface area contributed by atoms with Crippen molar-refractivity contribution < 1.29 is 0 Å². The van der Waals surface area contributed by atoms with E-state index in [1.807, 2.05) is 25.1 Å². The number of anilines is 1. The summed E-state index contributed by atoms with van der Waals surface area (Å²) < 4.78 is 0.810. The average molecular weight is 239 g/mol. The van der Waals surface area contributed by atoms with Crippen LogP contribution in [0.4, 0.5) is 5.82 Å². The Kier molecular flexibility index (Phi) is 2.93. The normalized spacial score (nSPS) is 10.5. The molecule has 0 fully saturated rings. The molecular weight excluding hydrogens is 228 g/mol. The summed E-state index contributed by atoms with van der Waals surface area (Å²) in [6.07, 6.45) is 2.54. The molecule has 2 aromatic heterocycles. The molecule has 2 rings (SSSR count). The summed E-state index contributed by atoms with van der Waals surface area (Å²) in [7, 11) is 0. The smallest absolute Gasteiger partial charge is 0.127 e. The van der Waals surface area contributed by atoms with Crippen molar-refractivity contribution >= 4 is 28.8 Å². The molecule has 2 heterocycles. The molecule has 2 nitrogen and oxygen atoms in total. The third-order valence-electron chi connectivity index (χ3n) is 2.30. The van der Waals surface area contributed by atoms with Gasteiger partial charge in [-0.2, -0.15) is 0 Å². The summed E-state index contributed by atoms with van der Waals surface area (Å²) in [4.78, 5) is 5.30. The van der Waals surface area contributed by atoms with Crippen LogP contribution in [0.5, 0.6) is 0 Å². The summed E-state index contributed by atoms with van der Waals surface area (Å²) in [5.74, 6) is 0.611. The monoisotopic (exact) mass is 238 g/mol. The molecule has 0 unspecified atom stereocenters. The molecule has 0 aliphatic heterocycles. The zero-order valence-electron chi connectivity index (χ0n) is 8.33. The van der Waals surface area contributed by atoms with Crippen LogP contribution in [0, 0.1) is 6.92 Å². The Morgan fingerprint density at radius 1 is 1.40 bits per heavy atom. The van der Waals surface area contributed by atoms with Gasteiger partial charge in [0.05, 0.1) is 4.34 Å². The fraction of sp³-hybridized carbons (Fsp3) is 0.182. The highest BCUT2D eigenvalue weighted by Crippen LogP contribution is 2.26. The van der Waals surface area contributed by atoms with E-state index in [9.17, 15) is 0 Å². The second-order valence-electron chi connectivity index (χ2n) is 3.37. The van der Waals surface area contributed by atoms with E-state index in [2.05, 4.69) is 4.98 Å². The highest BCUT2D eigenvalue weighted by Gasteiger charge is 2.06. The maximum Gasteiger partial charge on any atom is 0.127 e. The number of nitrogens with zero attached hydrogens (tertiary/aromatic N) is 1. The molecule has 78 valence electrons. The van der Waals surface area contributed by atoms with Gasteiger partial charge in [0.1, 0.15) is 5.82 Å². The number of aryl methyl sites for hydroxylation is 1. The molecule has 0 aliphatic carbocycles. The second-order valence-corrected chi connectivity index (χ2v) is 5.17. The van der Waals surface area contributed by atoms with Crippen LogP contribution in [0.1, 0.15) is 16.0 Å². The van der Waals surface area contributed by atoms with Gasteiger partial charge in [0.15, 0.2) is 0 Å². The first kappa shape index (κ1) is 10.5. The molecule has 0 atom stereocenters. The van der Waals surface area contributed by atoms with E-state index in [1.54, 1.807) is 17.5 Å². The lowest BCUT2D eigenvalue weighted by atomic mass is 10.1. The Labute approximate surface area is 97.7 Å². The predicted octanol–water partition coefficient (Wildman–Crippen LogP) is 3.28. The number of hydrogen-bond donors (Lipinski definition) is 1. The second kappa shape index (κ2) is 4.21. The molecule has 0 aromatic carbocycles. The molecule has 0 bridgehead atoms. The van der Waals surface area contributed by atoms with Crippen molar-refractivity contribution in [1.29, 1.82) is 0 Å². The Hall–Kier alpha value is -1.06. The van der Waals surface area contributed by atoms with Crippen molar-refractivity contribution in [1.82, 2.24) is 4.98 Å². The van der Waals surface area contributed by atoms with Gasteiger partial charge in [-0.05, 0) is 30.7 Å². The molecule has 2 aromatic rings. The van der Waals surface area contributed by atoms with Gasteiger partial charge in [0.25, 0.3) is 0 Å². The maximum absolute atomic E-state index is 5.88. The van der Waals surface area contributed by atoms with Crippen molar-refractivity contribution in [3.05, 3.63) is 44.7 Å². The minimum Gasteiger partial charge on any atom is -0.383 e. The molecule has 15 heavy (non-hydrogen) atoms. The molecule has 2 N–H and O–H groups in total. The number of pyridine rings is 1. The van der Waals surface area contributed by atoms with Gasteiger partial charge in [-0.25, -0.2) is 4.98 Å². The molecule has 0 saturated carbocycles. The van der Waals surface area contributed by atoms with Gasteiger partial charge < -0.3 is 5.73 Å². The molecule has 4 heteroatoms. The van der Waals surface area contributed by atoms with Crippen molar-refractivity contribution in [3.63, 3.8) is 0 Å². The zero-order chi connectivity index (χ0) is 10.8. The highest BCUT2D eigenvalue weighted by atomic mass is 35.5. The van der Waals surface area contributed by atoms with E-state index in [1.165, 1.54) is 10.4 Å². The molecule has 0 radical (unpaired) electrons. The molecule has 0 amide bonds. The fourth-order valence-corrected chi connectivity index (χ4v) is 2.56. The topological polar surface area (TPSA) is 38.9 Å². The van der Waals surface area contributed by atoms with Crippen LogP contribution in [-0.2, 0) is 6.42 Å². The van der Waals surface area contributed by atoms with Crippen LogP contribution in [0.25, 0.3) is 0 Å². The van der Waals surface area contributed by atoms with Crippen LogP contribution < -0.4 is 5.73 Å². The summed E-state index contributed by atoms with van der Waals surface area (Å²) in [5, 5.41) is 0. The summed E-state index contributed by atoms with van der Waals surface area (Å²) in [5.41, 5.74) is 8.10. The molecule has 0 spiro atoms. The Balaban J connectivity index is 2.31. The Morgan fingerprint density at radius 3 is 2.80 bits per heavy atom. The van der Waals surface area contributed by atoms with Crippen LogP contribution in [0.3, 0.4) is 0 Å². The van der Waals surface area contributed by atoms with E-state index in [4.69, 9.17) is 17.3 Å². The Morgan fingerprint density at radius 2 is 2.20 bits per heavy atom. The van der Waals surface area contributed by atoms with Gasteiger partial charge in [0, 0.05) is 23.1 Å². The number of nitrogen functional groups attached to an aromatic ring is 1. The number of thiophene rings is 1. The van der Waals surface area contributed by atoms with E-state index < -0.39 is 0 Å². The maximum atomic E-state index is 5.88. The Bertz CT molecular complexity index is 459. The predicted molar refractivity (Wildman–Crippen MR) is 65.5 cm³/mol. The van der Waals surface area contributed by atoms with E-state index >= 15 is 0 Å². The average Bonchev–Trinajstić information content (AvgIpc) is 2.58. The van der Waals surface area contributed by atoms with Gasteiger partial charge in [0.2, 0.25) is 0 Å². The number of rotatable bonds is 2. The number of halogens is 1. The first-order valence-corrected chi connectivity index (χ1v) is 5.80. The number of aromatic nitrogens is 1. The van der Waals surface area contributed by atoms with Crippen LogP contribution in [0.15, 0.2) is 24.4 Å². The lowest BCUT2D eigenvalue weighted by molar-refractivity contribution is 1.14. The minimum atomic E-state index is 0.611. The quantitative estimate of drug-likeness (QED) is 0.872. The molecule has 0 saturated heterocycles. The molecule has 0 aliphatic rings. The largest absolute Gasteiger partial charge is 0.383 e. The SMILES string of the molecule is Cc1ccnc(N)c1Cc1ccc(Cl)s1. The van der Waals surface area contributed by atoms with E-state index in [0.717, 1.165) is 16.3 Å². The first-order chi connectivity index (χ1) is 7.16. The highest BCUT2D eigenvalue weighted by molar-refractivity contribution is 7.16. The summed E-state index contributed by atoms with van der Waals surface area (Å²) >= 11 is 7.46. The lowest BCUT2D eigenvalue weighted by Gasteiger charge is -2.06. The van der Waals surface area contributed by atoms with Crippen molar-refractivity contribution in [3.8, 4) is 0 Å². The number of nitrogens with two attached hydrogens (primary N) is 1. The lowest BCUT2D eigenvalue weighted by Crippen LogP contribution is -2.00. The van der Waals surface area contributed by atoms with Crippen molar-refractivity contribution in [2.24, 2.45) is 0 Å². The van der Waals surface area contributed by atoms with Crippen molar-refractivity contribution in [2.75, 3.05) is 5.73 Å². The third-order valence-corrected chi connectivity index (χ3v) is 3.53. The molecular formula is C11H11ClN2S. The van der Waals surface area contributed by atoms with Gasteiger partial charge in [-0.1, -0.05) is 11.6 Å². The van der Waals surface area contributed by atoms with E-state index in [-0.39, 0.29) is 0 Å². The first-order valence-electron chi connectivity index (χ1n) is 4.61. The van der Waals surface area contributed by atoms with Gasteiger partial charge in [-0.15, -0.1) is 11.3 Å². The summed E-state index contributed by atoms with van der Waals surface area (Å²) in [6.45, 7) is 2.04. The van der Waals surface area contributed by atoms with Gasteiger partial charge in [-0.3, -0.25) is 0 Å². The zero-order valence-corrected chi connectivity index (χ0v) is 9.90. The summed E-state index contributed by atoms with van der Waals surface area (Å²) in [6, 6.07) is 5.91. The third kappa shape index (κ3) is 2.30. The van der Waals surface area contributed by atoms with Crippen LogP contribution in [0.2, 0.25) is 4.34 Å². The van der Waals surface area contributed by atoms with Crippen LogP contribution in [-0.4, -0.2) is 4.98 Å². The fourth-order valence-electron chi connectivity index (χ4n) is 1.46. The standard InChI is InChI=1S/C11H11ClN2S/c1-7-4-5-14-11(13)9(7)6-8-2-3-10(12)15-8/h2-5H,6H2,1H3,(H2,13,14). The minimum absolute atomic E-state index is 0.611. The number of hydrogen-bond acceptors (Lipinski definition) is 3. The van der Waals surface area contributed by atoms with E-state index in [0.29, 0.717) is 5.82 Å². The van der Waals surface area contributed by atoms with Crippen molar-refractivity contribution in [2.45, 2.75) is 13.3 Å². The van der Waals surface area contributed by atoms with Gasteiger partial charge >= 0.3 is 0 Å². The van der Waals surface area contributed by atoms with Crippen LogP contribution >= 0.6 is 22.9 Å².